The van der Waals surface area contributed by atoms with Gasteiger partial charge in [0.25, 0.3) is 0 Å². The molecule has 21 heavy (non-hydrogen) atoms. The van der Waals surface area contributed by atoms with Gasteiger partial charge in [0.2, 0.25) is 10.0 Å². The number of sulfonamides is 1. The molecule has 0 unspecified atom stereocenters. The number of hydrogen-bond donors (Lipinski definition) is 2. The first-order valence-corrected chi connectivity index (χ1v) is 8.23. The van der Waals surface area contributed by atoms with E-state index in [-0.39, 0.29) is 4.90 Å². The molecule has 0 atom stereocenters. The summed E-state index contributed by atoms with van der Waals surface area (Å²) in [6.07, 6.45) is 1.73. The van der Waals surface area contributed by atoms with Crippen molar-refractivity contribution in [3.05, 3.63) is 59.9 Å². The highest BCUT2D eigenvalue weighted by atomic mass is 32.2. The van der Waals surface area contributed by atoms with Crippen LogP contribution < -0.4 is 10.0 Å². The summed E-state index contributed by atoms with van der Waals surface area (Å²) in [4.78, 5) is 4.47. The van der Waals surface area contributed by atoms with E-state index in [9.17, 15) is 8.42 Å². The van der Waals surface area contributed by atoms with Gasteiger partial charge in [0.15, 0.2) is 0 Å². The number of aromatic nitrogens is 1. The second-order valence-corrected chi connectivity index (χ2v) is 6.48. The van der Waals surface area contributed by atoms with Gasteiger partial charge in [0.05, 0.1) is 10.6 Å². The Bertz CT molecular complexity index is 655. The number of nitrogens with one attached hydrogen (secondary N) is 2. The smallest absolute Gasteiger partial charge is 0.240 e. The summed E-state index contributed by atoms with van der Waals surface area (Å²) < 4.78 is 26.6. The molecule has 1 heterocycles. The van der Waals surface area contributed by atoms with Gasteiger partial charge in [0, 0.05) is 25.8 Å². The Labute approximate surface area is 125 Å². The highest BCUT2D eigenvalue weighted by Gasteiger charge is 2.12. The molecule has 0 fully saturated rings. The fourth-order valence-electron chi connectivity index (χ4n) is 1.79. The minimum atomic E-state index is -3.43. The number of hydrogen-bond acceptors (Lipinski definition) is 4. The largest absolute Gasteiger partial charge is 0.310 e. The first-order valence-electron chi connectivity index (χ1n) is 6.75. The lowest BCUT2D eigenvalue weighted by Crippen LogP contribution is -2.31. The van der Waals surface area contributed by atoms with E-state index in [1.165, 1.54) is 0 Å². The molecule has 0 radical (unpaired) electrons. The molecule has 0 aliphatic heterocycles. The molecule has 0 amide bonds. The molecule has 2 aromatic rings. The lowest BCUT2D eigenvalue weighted by Gasteiger charge is -2.08. The normalized spacial score (nSPS) is 11.5. The average Bonchev–Trinajstić information content (AvgIpc) is 2.48. The lowest BCUT2D eigenvalue weighted by molar-refractivity contribution is 0.575. The van der Waals surface area contributed by atoms with Gasteiger partial charge in [-0.05, 0) is 31.2 Å². The van der Waals surface area contributed by atoms with Crippen LogP contribution >= 0.6 is 0 Å². The maximum atomic E-state index is 12.0. The van der Waals surface area contributed by atoms with E-state index in [0.717, 1.165) is 11.3 Å². The third-order valence-electron chi connectivity index (χ3n) is 2.96. The molecule has 0 aliphatic carbocycles. The van der Waals surface area contributed by atoms with Crippen molar-refractivity contribution in [2.75, 3.05) is 13.1 Å². The van der Waals surface area contributed by atoms with Crippen LogP contribution in [0.5, 0.6) is 0 Å². The Morgan fingerprint density at radius 1 is 1.05 bits per heavy atom. The van der Waals surface area contributed by atoms with Gasteiger partial charge in [0.1, 0.15) is 0 Å². The number of rotatable bonds is 7. The monoisotopic (exact) mass is 305 g/mol. The molecule has 5 nitrogen and oxygen atoms in total. The van der Waals surface area contributed by atoms with Crippen molar-refractivity contribution in [3.63, 3.8) is 0 Å². The van der Waals surface area contributed by atoms with Crippen LogP contribution in [0.15, 0.2) is 53.6 Å². The molecule has 1 aromatic heterocycles. The predicted molar refractivity (Wildman–Crippen MR) is 82.3 cm³/mol. The minimum Gasteiger partial charge on any atom is -0.310 e. The summed E-state index contributed by atoms with van der Waals surface area (Å²) in [5.41, 5.74) is 1.96. The molecule has 112 valence electrons. The summed E-state index contributed by atoms with van der Waals surface area (Å²) in [5.74, 6) is 0. The summed E-state index contributed by atoms with van der Waals surface area (Å²) in [5, 5.41) is 3.15. The maximum absolute atomic E-state index is 12.0. The van der Waals surface area contributed by atoms with Gasteiger partial charge in [-0.15, -0.1) is 0 Å². The molecular formula is C15H19N3O2S. The molecule has 0 bridgehead atoms. The van der Waals surface area contributed by atoms with Crippen LogP contribution in [0.25, 0.3) is 0 Å². The van der Waals surface area contributed by atoms with Crippen molar-refractivity contribution in [3.8, 4) is 0 Å². The third kappa shape index (κ3) is 4.93. The molecule has 6 heteroatoms. The number of benzene rings is 1. The van der Waals surface area contributed by atoms with Crippen LogP contribution in [0.1, 0.15) is 11.3 Å². The van der Waals surface area contributed by atoms with Gasteiger partial charge in [-0.25, -0.2) is 13.1 Å². The van der Waals surface area contributed by atoms with E-state index in [1.807, 2.05) is 25.1 Å². The van der Waals surface area contributed by atoms with Gasteiger partial charge in [-0.1, -0.05) is 23.8 Å². The quantitative estimate of drug-likeness (QED) is 0.760. The summed E-state index contributed by atoms with van der Waals surface area (Å²) in [6, 6.07) is 12.5. The molecule has 0 saturated carbocycles. The third-order valence-corrected chi connectivity index (χ3v) is 4.43. The van der Waals surface area contributed by atoms with Gasteiger partial charge in [-0.3, -0.25) is 4.98 Å². The first-order chi connectivity index (χ1) is 10.1. The van der Waals surface area contributed by atoms with Gasteiger partial charge in [-0.2, -0.15) is 0 Å². The highest BCUT2D eigenvalue weighted by Crippen LogP contribution is 2.09. The van der Waals surface area contributed by atoms with Crippen molar-refractivity contribution in [2.45, 2.75) is 18.4 Å². The fraction of sp³-hybridized carbons (Fsp3) is 0.267. The van der Waals surface area contributed by atoms with Crippen LogP contribution in [0.2, 0.25) is 0 Å². The van der Waals surface area contributed by atoms with E-state index < -0.39 is 10.0 Å². The molecule has 2 rings (SSSR count). The molecule has 0 spiro atoms. The van der Waals surface area contributed by atoms with E-state index in [1.54, 1.807) is 30.5 Å². The van der Waals surface area contributed by atoms with E-state index >= 15 is 0 Å². The standard InChI is InChI=1S/C15H19N3O2S/c1-13-5-7-15(8-6-13)21(19,20)18-11-10-16-12-14-4-2-3-9-17-14/h2-9,16,18H,10-12H2,1H3. The van der Waals surface area contributed by atoms with Gasteiger partial charge >= 0.3 is 0 Å². The van der Waals surface area contributed by atoms with Crippen LogP contribution in [-0.4, -0.2) is 26.5 Å². The first kappa shape index (κ1) is 15.6. The van der Waals surface area contributed by atoms with Gasteiger partial charge < -0.3 is 5.32 Å². The number of pyridine rings is 1. The number of aryl methyl sites for hydroxylation is 1. The van der Waals surface area contributed by atoms with Crippen molar-refractivity contribution >= 4 is 10.0 Å². The van der Waals surface area contributed by atoms with Crippen molar-refractivity contribution in [1.29, 1.82) is 0 Å². The van der Waals surface area contributed by atoms with Crippen LogP contribution in [0.3, 0.4) is 0 Å². The van der Waals surface area contributed by atoms with E-state index in [4.69, 9.17) is 0 Å². The Morgan fingerprint density at radius 3 is 2.48 bits per heavy atom. The summed E-state index contributed by atoms with van der Waals surface area (Å²) in [6.45, 7) is 3.42. The highest BCUT2D eigenvalue weighted by molar-refractivity contribution is 7.89. The zero-order chi connectivity index (χ0) is 15.1. The van der Waals surface area contributed by atoms with Crippen LogP contribution in [0.4, 0.5) is 0 Å². The van der Waals surface area contributed by atoms with Crippen LogP contribution in [0, 0.1) is 6.92 Å². The second kappa shape index (κ2) is 7.31. The Hall–Kier alpha value is -1.76. The fourth-order valence-corrected chi connectivity index (χ4v) is 2.83. The van der Waals surface area contributed by atoms with Crippen molar-refractivity contribution in [2.24, 2.45) is 0 Å². The minimum absolute atomic E-state index is 0.290. The summed E-state index contributed by atoms with van der Waals surface area (Å²) in [7, 11) is -3.43. The molecule has 2 N–H and O–H groups in total. The van der Waals surface area contributed by atoms with E-state index in [0.29, 0.717) is 19.6 Å². The predicted octanol–water partition coefficient (Wildman–Crippen LogP) is 1.46. The lowest BCUT2D eigenvalue weighted by atomic mass is 10.2. The average molecular weight is 305 g/mol. The zero-order valence-electron chi connectivity index (χ0n) is 11.9. The summed E-state index contributed by atoms with van der Waals surface area (Å²) >= 11 is 0. The Morgan fingerprint density at radius 2 is 1.81 bits per heavy atom. The molecule has 0 saturated heterocycles. The van der Waals surface area contributed by atoms with Crippen LogP contribution in [-0.2, 0) is 16.6 Å². The topological polar surface area (TPSA) is 71.1 Å². The van der Waals surface area contributed by atoms with Crippen molar-refractivity contribution < 1.29 is 8.42 Å². The molecular weight excluding hydrogens is 286 g/mol. The Balaban J connectivity index is 1.76. The molecule has 1 aromatic carbocycles. The molecule has 0 aliphatic rings. The van der Waals surface area contributed by atoms with Crippen molar-refractivity contribution in [1.82, 2.24) is 15.0 Å². The number of nitrogens with zero attached hydrogens (tertiary/aromatic N) is 1. The maximum Gasteiger partial charge on any atom is 0.240 e. The van der Waals surface area contributed by atoms with E-state index in [2.05, 4.69) is 15.0 Å². The second-order valence-electron chi connectivity index (χ2n) is 4.71. The zero-order valence-corrected chi connectivity index (χ0v) is 12.7. The Kier molecular flexibility index (Phi) is 5.44. The SMILES string of the molecule is Cc1ccc(S(=O)(=O)NCCNCc2ccccn2)cc1.